The highest BCUT2D eigenvalue weighted by molar-refractivity contribution is 7.10. The molecule has 1 rings (SSSR count). The Balaban J connectivity index is 0.000000490. The molecule has 0 atom stereocenters. The molecule has 0 aromatic carbocycles. The Kier molecular flexibility index (Phi) is 3.73. The van der Waals surface area contributed by atoms with Gasteiger partial charge in [0.1, 0.15) is 0 Å². The summed E-state index contributed by atoms with van der Waals surface area (Å²) in [5, 5.41) is 3.09. The summed E-state index contributed by atoms with van der Waals surface area (Å²) in [6.45, 7) is 3.58. The quantitative estimate of drug-likeness (QED) is 0.499. The normalized spacial score (nSPS) is 7.50. The highest BCUT2D eigenvalue weighted by Gasteiger charge is 1.89. The molecule has 1 heterocycles. The predicted octanol–water partition coefficient (Wildman–Crippen LogP) is -1.79. The first-order chi connectivity index (χ1) is 3.43. The van der Waals surface area contributed by atoms with Crippen molar-refractivity contribution in [3.05, 3.63) is 23.2 Å². The number of H-pyrrole nitrogens is 1. The standard InChI is InChI=1S/C5H5NS.BrH/c1-2-5-6-3-4-7-5;/h2-4H,1H2;1H. The maximum absolute atomic E-state index is 3.58. The van der Waals surface area contributed by atoms with E-state index in [1.165, 1.54) is 0 Å². The average molecular weight is 192 g/mol. The van der Waals surface area contributed by atoms with Crippen LogP contribution < -0.4 is 22.0 Å². The van der Waals surface area contributed by atoms with Crippen molar-refractivity contribution >= 4 is 17.4 Å². The van der Waals surface area contributed by atoms with Gasteiger partial charge in [0.05, 0.1) is 5.38 Å². The molecule has 1 aromatic rings. The van der Waals surface area contributed by atoms with Crippen molar-refractivity contribution in [3.8, 4) is 0 Å². The molecule has 1 nitrogen and oxygen atoms in total. The minimum atomic E-state index is 0. The SMILES string of the molecule is C=Cc1[nH+]ccs1.[Br-]. The van der Waals surface area contributed by atoms with Gasteiger partial charge in [-0.25, -0.2) is 4.98 Å². The first-order valence-electron chi connectivity index (χ1n) is 2.01. The van der Waals surface area contributed by atoms with Crippen LogP contribution in [-0.2, 0) is 0 Å². The third kappa shape index (κ3) is 1.76. The largest absolute Gasteiger partial charge is 1.00 e. The molecule has 0 saturated heterocycles. The average Bonchev–Trinajstić information content (AvgIpc) is 2.14. The molecule has 0 bridgehead atoms. The van der Waals surface area contributed by atoms with Crippen LogP contribution in [0.3, 0.4) is 0 Å². The van der Waals surface area contributed by atoms with Crippen LogP contribution >= 0.6 is 11.3 Å². The molecule has 1 N–H and O–H groups in total. The van der Waals surface area contributed by atoms with Crippen molar-refractivity contribution in [1.82, 2.24) is 0 Å². The zero-order valence-corrected chi connectivity index (χ0v) is 6.63. The van der Waals surface area contributed by atoms with E-state index < -0.39 is 0 Å². The minimum Gasteiger partial charge on any atom is -1.00 e. The Morgan fingerprint density at radius 2 is 2.50 bits per heavy atom. The third-order valence-electron chi connectivity index (χ3n) is 0.674. The number of aromatic nitrogens is 1. The molecule has 0 aliphatic carbocycles. The molecule has 0 aliphatic heterocycles. The number of hydrogen-bond acceptors (Lipinski definition) is 1. The van der Waals surface area contributed by atoms with Gasteiger partial charge in [-0.05, 0) is 0 Å². The molecule has 0 fully saturated rings. The number of aromatic amines is 1. The van der Waals surface area contributed by atoms with Gasteiger partial charge in [0.15, 0.2) is 6.20 Å². The number of nitrogens with one attached hydrogen (secondary N) is 1. The van der Waals surface area contributed by atoms with Crippen molar-refractivity contribution < 1.29 is 22.0 Å². The van der Waals surface area contributed by atoms with Crippen molar-refractivity contribution in [3.63, 3.8) is 0 Å². The van der Waals surface area contributed by atoms with Crippen molar-refractivity contribution in [2.75, 3.05) is 0 Å². The molecule has 0 amide bonds. The fraction of sp³-hybridized carbons (Fsp3) is 0. The van der Waals surface area contributed by atoms with Gasteiger partial charge >= 0.3 is 0 Å². The lowest BCUT2D eigenvalue weighted by molar-refractivity contribution is -0.373. The Morgan fingerprint density at radius 1 is 1.75 bits per heavy atom. The Bertz CT molecular complexity index is 147. The van der Waals surface area contributed by atoms with Crippen molar-refractivity contribution in [1.29, 1.82) is 0 Å². The Morgan fingerprint density at radius 3 is 2.75 bits per heavy atom. The number of rotatable bonds is 1. The smallest absolute Gasteiger partial charge is 0.259 e. The number of hydrogen-bond donors (Lipinski definition) is 0. The minimum absolute atomic E-state index is 0. The van der Waals surface area contributed by atoms with Gasteiger partial charge < -0.3 is 17.0 Å². The molecular weight excluding hydrogens is 186 g/mol. The second-order valence-electron chi connectivity index (χ2n) is 1.13. The van der Waals surface area contributed by atoms with E-state index in [-0.39, 0.29) is 17.0 Å². The van der Waals surface area contributed by atoms with E-state index in [4.69, 9.17) is 0 Å². The van der Waals surface area contributed by atoms with E-state index >= 15 is 0 Å². The third-order valence-corrected chi connectivity index (χ3v) is 1.48. The summed E-state index contributed by atoms with van der Waals surface area (Å²) in [7, 11) is 0. The first kappa shape index (κ1) is 7.85. The summed E-state index contributed by atoms with van der Waals surface area (Å²) >= 11 is 1.65. The number of thiazole rings is 1. The lowest BCUT2D eigenvalue weighted by atomic mass is 10.7. The molecule has 0 spiro atoms. The van der Waals surface area contributed by atoms with Gasteiger partial charge in [0.2, 0.25) is 0 Å². The maximum Gasteiger partial charge on any atom is 0.259 e. The fourth-order valence-corrected chi connectivity index (χ4v) is 0.880. The van der Waals surface area contributed by atoms with Crippen LogP contribution in [0.4, 0.5) is 0 Å². The van der Waals surface area contributed by atoms with Crippen LogP contribution in [0.5, 0.6) is 0 Å². The Labute approximate surface area is 62.8 Å². The van der Waals surface area contributed by atoms with E-state index in [0.29, 0.717) is 0 Å². The second-order valence-corrected chi connectivity index (χ2v) is 2.08. The Hall–Kier alpha value is -0.150. The highest BCUT2D eigenvalue weighted by Crippen LogP contribution is 1.98. The van der Waals surface area contributed by atoms with Crippen molar-refractivity contribution in [2.24, 2.45) is 0 Å². The van der Waals surface area contributed by atoms with Crippen LogP contribution in [0.1, 0.15) is 5.01 Å². The van der Waals surface area contributed by atoms with Crippen LogP contribution in [0.2, 0.25) is 0 Å². The van der Waals surface area contributed by atoms with Gasteiger partial charge in [0.25, 0.3) is 5.01 Å². The molecule has 1 aromatic heterocycles. The van der Waals surface area contributed by atoms with Crippen molar-refractivity contribution in [2.45, 2.75) is 0 Å². The number of halogens is 1. The monoisotopic (exact) mass is 191 g/mol. The van der Waals surface area contributed by atoms with Gasteiger partial charge in [-0.3, -0.25) is 0 Å². The zero-order chi connectivity index (χ0) is 5.11. The maximum atomic E-state index is 3.58. The fourth-order valence-electron chi connectivity index (χ4n) is 0.365. The lowest BCUT2D eigenvalue weighted by Crippen LogP contribution is -3.00. The second kappa shape index (κ2) is 3.80. The van der Waals surface area contributed by atoms with E-state index in [1.807, 2.05) is 11.6 Å². The van der Waals surface area contributed by atoms with Gasteiger partial charge in [-0.1, -0.05) is 17.9 Å². The molecule has 0 aliphatic rings. The van der Waals surface area contributed by atoms with Crippen LogP contribution in [0.15, 0.2) is 18.2 Å². The van der Waals surface area contributed by atoms with E-state index in [9.17, 15) is 0 Å². The molecule has 0 radical (unpaired) electrons. The van der Waals surface area contributed by atoms with Gasteiger partial charge in [-0.2, -0.15) is 0 Å². The summed E-state index contributed by atoms with van der Waals surface area (Å²) in [5.74, 6) is 0. The summed E-state index contributed by atoms with van der Waals surface area (Å²) in [6.07, 6.45) is 3.69. The predicted molar refractivity (Wildman–Crippen MR) is 31.0 cm³/mol. The molecule has 0 unspecified atom stereocenters. The summed E-state index contributed by atoms with van der Waals surface area (Å²) in [4.78, 5) is 2.99. The molecule has 3 heteroatoms. The van der Waals surface area contributed by atoms with E-state index in [2.05, 4.69) is 11.6 Å². The van der Waals surface area contributed by atoms with Crippen LogP contribution in [0, 0.1) is 0 Å². The summed E-state index contributed by atoms with van der Waals surface area (Å²) in [5.41, 5.74) is 0. The molecule has 0 saturated carbocycles. The molecule has 8 heavy (non-hydrogen) atoms. The molecule has 44 valence electrons. The zero-order valence-electron chi connectivity index (χ0n) is 4.23. The topological polar surface area (TPSA) is 14.1 Å². The van der Waals surface area contributed by atoms with E-state index in [0.717, 1.165) is 5.01 Å². The lowest BCUT2D eigenvalue weighted by Gasteiger charge is -1.61. The van der Waals surface area contributed by atoms with Gasteiger partial charge in [0, 0.05) is 6.08 Å². The highest BCUT2D eigenvalue weighted by atomic mass is 79.9. The molecular formula is C5H6BrNS. The van der Waals surface area contributed by atoms with Gasteiger partial charge in [-0.15, -0.1) is 0 Å². The van der Waals surface area contributed by atoms with Crippen LogP contribution in [0.25, 0.3) is 6.08 Å². The summed E-state index contributed by atoms with van der Waals surface area (Å²) < 4.78 is 0. The van der Waals surface area contributed by atoms with E-state index in [1.54, 1.807) is 17.4 Å². The van der Waals surface area contributed by atoms with Crippen LogP contribution in [-0.4, -0.2) is 0 Å². The summed E-state index contributed by atoms with van der Waals surface area (Å²) in [6, 6.07) is 0. The first-order valence-corrected chi connectivity index (χ1v) is 2.89.